The number of halogens is 4. The van der Waals surface area contributed by atoms with E-state index in [1.165, 1.54) is 13.2 Å². The molecule has 0 aliphatic rings. The Morgan fingerprint density at radius 2 is 2.00 bits per heavy atom. The standard InChI is InChI=1S/C10H7ClF3N.C2H4O2/c1-4-2-5-6(10(13)14)3-7(11)8(12)9(5)15-4;1-4-2-3/h2-3,10,15H,1H3;2H,1H3. The Morgan fingerprint density at radius 1 is 1.42 bits per heavy atom. The molecule has 19 heavy (non-hydrogen) atoms. The van der Waals surface area contributed by atoms with Crippen LogP contribution in [0.15, 0.2) is 12.1 Å². The van der Waals surface area contributed by atoms with E-state index in [-0.39, 0.29) is 21.5 Å². The van der Waals surface area contributed by atoms with Gasteiger partial charge in [0.25, 0.3) is 12.9 Å². The Kier molecular flexibility index (Phi) is 5.23. The lowest BCUT2D eigenvalue weighted by molar-refractivity contribution is -0.126. The number of H-pyrrole nitrogens is 1. The number of ether oxygens (including phenoxy) is 1. The summed E-state index contributed by atoms with van der Waals surface area (Å²) in [5.74, 6) is -0.691. The summed E-state index contributed by atoms with van der Waals surface area (Å²) in [7, 11) is 1.31. The Labute approximate surface area is 112 Å². The van der Waals surface area contributed by atoms with Crippen molar-refractivity contribution in [3.05, 3.63) is 34.2 Å². The van der Waals surface area contributed by atoms with Crippen molar-refractivity contribution >= 4 is 29.0 Å². The molecule has 1 N–H and O–H groups in total. The van der Waals surface area contributed by atoms with Gasteiger partial charge in [-0.15, -0.1) is 0 Å². The number of alkyl halides is 2. The molecule has 2 rings (SSSR count). The maximum atomic E-state index is 13.4. The van der Waals surface area contributed by atoms with E-state index in [1.54, 1.807) is 6.92 Å². The molecule has 104 valence electrons. The van der Waals surface area contributed by atoms with E-state index in [1.807, 2.05) is 0 Å². The van der Waals surface area contributed by atoms with Crippen molar-refractivity contribution in [3.8, 4) is 0 Å². The third-order valence-corrected chi connectivity index (χ3v) is 2.58. The Morgan fingerprint density at radius 3 is 2.47 bits per heavy atom. The molecule has 2 aromatic rings. The smallest absolute Gasteiger partial charge is 0.292 e. The summed E-state index contributed by atoms with van der Waals surface area (Å²) in [6.45, 7) is 2.04. The van der Waals surface area contributed by atoms with Crippen LogP contribution in [0.4, 0.5) is 13.2 Å². The predicted octanol–water partition coefficient (Wildman–Crippen LogP) is 4.00. The van der Waals surface area contributed by atoms with Gasteiger partial charge in [-0.1, -0.05) is 11.6 Å². The molecular weight excluding hydrogens is 283 g/mol. The van der Waals surface area contributed by atoms with E-state index in [4.69, 9.17) is 16.4 Å². The summed E-state index contributed by atoms with van der Waals surface area (Å²) in [5, 5.41) is -0.107. The first-order chi connectivity index (χ1) is 8.92. The van der Waals surface area contributed by atoms with Crippen LogP contribution in [0.2, 0.25) is 5.02 Å². The number of fused-ring (bicyclic) bond motifs is 1. The van der Waals surface area contributed by atoms with Crippen LogP contribution in [0, 0.1) is 12.7 Å². The van der Waals surface area contributed by atoms with E-state index in [2.05, 4.69) is 9.72 Å². The van der Waals surface area contributed by atoms with E-state index in [0.717, 1.165) is 6.07 Å². The number of carbonyl (C=O) groups excluding carboxylic acids is 1. The van der Waals surface area contributed by atoms with E-state index in [0.29, 0.717) is 12.2 Å². The molecule has 0 saturated carbocycles. The Hall–Kier alpha value is -1.69. The van der Waals surface area contributed by atoms with Crippen LogP contribution >= 0.6 is 11.6 Å². The average Bonchev–Trinajstić information content (AvgIpc) is 2.75. The number of aromatic nitrogens is 1. The SMILES string of the molecule is COC=O.Cc1cc2c(C(F)F)cc(Cl)c(F)c2[nH]1. The van der Waals surface area contributed by atoms with Gasteiger partial charge in [-0.3, -0.25) is 4.79 Å². The lowest BCUT2D eigenvalue weighted by Crippen LogP contribution is -1.89. The van der Waals surface area contributed by atoms with Gasteiger partial charge in [0.1, 0.15) is 0 Å². The van der Waals surface area contributed by atoms with Gasteiger partial charge in [0.15, 0.2) is 5.82 Å². The first kappa shape index (κ1) is 15.4. The molecule has 0 atom stereocenters. The van der Waals surface area contributed by atoms with Crippen molar-refractivity contribution < 1.29 is 22.7 Å². The number of nitrogens with one attached hydrogen (secondary N) is 1. The van der Waals surface area contributed by atoms with Crippen LogP contribution in [-0.4, -0.2) is 18.6 Å². The van der Waals surface area contributed by atoms with Crippen molar-refractivity contribution in [3.63, 3.8) is 0 Å². The van der Waals surface area contributed by atoms with Gasteiger partial charge in [-0.05, 0) is 19.1 Å². The molecule has 0 aliphatic heterocycles. The van der Waals surface area contributed by atoms with E-state index in [9.17, 15) is 13.2 Å². The number of aromatic amines is 1. The van der Waals surface area contributed by atoms with Crippen LogP contribution in [0.3, 0.4) is 0 Å². The van der Waals surface area contributed by atoms with E-state index >= 15 is 0 Å². The molecule has 0 fully saturated rings. The topological polar surface area (TPSA) is 42.1 Å². The summed E-state index contributed by atoms with van der Waals surface area (Å²) in [4.78, 5) is 11.6. The molecule has 1 heterocycles. The van der Waals surface area contributed by atoms with Crippen LogP contribution in [0.1, 0.15) is 17.7 Å². The second-order valence-electron chi connectivity index (χ2n) is 3.64. The Balaban J connectivity index is 0.000000399. The van der Waals surface area contributed by atoms with E-state index < -0.39 is 12.2 Å². The summed E-state index contributed by atoms with van der Waals surface area (Å²) in [6, 6.07) is 2.45. The van der Waals surface area contributed by atoms with Crippen LogP contribution < -0.4 is 0 Å². The summed E-state index contributed by atoms with van der Waals surface area (Å²) < 4.78 is 42.6. The zero-order valence-electron chi connectivity index (χ0n) is 10.1. The maximum Gasteiger partial charge on any atom is 0.292 e. The molecule has 0 radical (unpaired) electrons. The van der Waals surface area contributed by atoms with Crippen molar-refractivity contribution in [2.45, 2.75) is 13.3 Å². The minimum atomic E-state index is -2.67. The first-order valence-electron chi connectivity index (χ1n) is 5.14. The first-order valence-corrected chi connectivity index (χ1v) is 5.52. The van der Waals surface area contributed by atoms with Crippen molar-refractivity contribution in [1.29, 1.82) is 0 Å². The highest BCUT2D eigenvalue weighted by molar-refractivity contribution is 6.31. The molecular formula is C12H11ClF3NO2. The van der Waals surface area contributed by atoms with Crippen LogP contribution in [0.25, 0.3) is 10.9 Å². The number of rotatable bonds is 2. The van der Waals surface area contributed by atoms with Crippen molar-refractivity contribution in [2.24, 2.45) is 0 Å². The molecule has 0 aliphatic carbocycles. The molecule has 0 bridgehead atoms. The monoisotopic (exact) mass is 293 g/mol. The summed E-state index contributed by atoms with van der Waals surface area (Å²) in [5.41, 5.74) is 0.407. The predicted molar refractivity (Wildman–Crippen MR) is 66.0 cm³/mol. The normalized spacial score (nSPS) is 10.3. The highest BCUT2D eigenvalue weighted by Gasteiger charge is 2.18. The molecule has 0 spiro atoms. The number of hydrogen-bond donors (Lipinski definition) is 1. The molecule has 7 heteroatoms. The number of aryl methyl sites for hydroxylation is 1. The van der Waals surface area contributed by atoms with Crippen molar-refractivity contribution in [1.82, 2.24) is 4.98 Å². The third-order valence-electron chi connectivity index (χ3n) is 2.31. The van der Waals surface area contributed by atoms with Gasteiger partial charge in [0, 0.05) is 16.6 Å². The number of hydrogen-bond acceptors (Lipinski definition) is 2. The summed E-state index contributed by atoms with van der Waals surface area (Å²) in [6.07, 6.45) is -2.67. The second-order valence-corrected chi connectivity index (χ2v) is 4.04. The summed E-state index contributed by atoms with van der Waals surface area (Å²) >= 11 is 5.52. The van der Waals surface area contributed by atoms with Gasteiger partial charge in [0.05, 0.1) is 17.6 Å². The fourth-order valence-corrected chi connectivity index (χ4v) is 1.78. The molecule has 0 unspecified atom stereocenters. The molecule has 0 amide bonds. The fourth-order valence-electron chi connectivity index (χ4n) is 1.57. The Bertz CT molecular complexity index is 584. The average molecular weight is 294 g/mol. The van der Waals surface area contributed by atoms with Crippen LogP contribution in [0.5, 0.6) is 0 Å². The largest absolute Gasteiger partial charge is 0.471 e. The van der Waals surface area contributed by atoms with Crippen molar-refractivity contribution in [2.75, 3.05) is 7.11 Å². The van der Waals surface area contributed by atoms with Gasteiger partial charge >= 0.3 is 0 Å². The zero-order valence-corrected chi connectivity index (χ0v) is 10.9. The minimum Gasteiger partial charge on any atom is -0.471 e. The minimum absolute atomic E-state index is 0.0373. The molecule has 3 nitrogen and oxygen atoms in total. The number of carbonyl (C=O) groups is 1. The van der Waals surface area contributed by atoms with Crippen LogP contribution in [-0.2, 0) is 9.53 Å². The highest BCUT2D eigenvalue weighted by atomic mass is 35.5. The molecule has 1 aromatic carbocycles. The second kappa shape index (κ2) is 6.47. The highest BCUT2D eigenvalue weighted by Crippen LogP contribution is 2.33. The molecule has 0 saturated heterocycles. The van der Waals surface area contributed by atoms with Gasteiger partial charge in [0.2, 0.25) is 0 Å². The lowest BCUT2D eigenvalue weighted by Gasteiger charge is -2.04. The third kappa shape index (κ3) is 3.41. The quantitative estimate of drug-likeness (QED) is 0.851. The zero-order chi connectivity index (χ0) is 14.6. The number of benzene rings is 1. The maximum absolute atomic E-state index is 13.4. The lowest BCUT2D eigenvalue weighted by atomic mass is 10.1. The molecule has 1 aromatic heterocycles. The number of methoxy groups -OCH3 is 1. The van der Waals surface area contributed by atoms with Gasteiger partial charge < -0.3 is 9.72 Å². The van der Waals surface area contributed by atoms with Gasteiger partial charge in [-0.2, -0.15) is 0 Å². The van der Waals surface area contributed by atoms with Gasteiger partial charge in [-0.25, -0.2) is 13.2 Å². The fraction of sp³-hybridized carbons (Fsp3) is 0.250.